The summed E-state index contributed by atoms with van der Waals surface area (Å²) in [6.45, 7) is 2.88. The topological polar surface area (TPSA) is 41.3 Å². The molecule has 1 aliphatic carbocycles. The van der Waals surface area contributed by atoms with Gasteiger partial charge < -0.3 is 5.32 Å². The van der Waals surface area contributed by atoms with E-state index in [1.54, 1.807) is 5.01 Å². The molecule has 0 bridgehead atoms. The van der Waals surface area contributed by atoms with Crippen molar-refractivity contribution < 1.29 is 0 Å². The predicted molar refractivity (Wildman–Crippen MR) is 59.2 cm³/mol. The van der Waals surface area contributed by atoms with Crippen molar-refractivity contribution in [3.8, 4) is 0 Å². The Morgan fingerprint density at radius 2 is 2.08 bits per heavy atom. The molecule has 4 heteroatoms. The van der Waals surface area contributed by atoms with Gasteiger partial charge in [0.25, 0.3) is 0 Å². The molecule has 1 aliphatic rings. The molecule has 76 valence electrons. The van der Waals surface area contributed by atoms with Crippen molar-refractivity contribution in [2.45, 2.75) is 45.1 Å². The fourth-order valence-electron chi connectivity index (χ4n) is 1.77. The molecule has 0 amide bonds. The molecular formula is C9H19N3S. The van der Waals surface area contributed by atoms with Crippen LogP contribution < -0.4 is 11.2 Å². The first-order valence-corrected chi connectivity index (χ1v) is 5.48. The van der Waals surface area contributed by atoms with Crippen LogP contribution >= 0.6 is 12.2 Å². The highest BCUT2D eigenvalue weighted by atomic mass is 32.1. The zero-order valence-electron chi connectivity index (χ0n) is 8.25. The molecule has 0 radical (unpaired) electrons. The Labute approximate surface area is 85.6 Å². The quantitative estimate of drug-likeness (QED) is 0.402. The van der Waals surface area contributed by atoms with Crippen LogP contribution in [0.1, 0.15) is 39.0 Å². The van der Waals surface area contributed by atoms with Crippen LogP contribution in [0.5, 0.6) is 0 Å². The van der Waals surface area contributed by atoms with Crippen LogP contribution in [-0.2, 0) is 0 Å². The van der Waals surface area contributed by atoms with Gasteiger partial charge in [-0.1, -0.05) is 19.3 Å². The summed E-state index contributed by atoms with van der Waals surface area (Å²) in [6.07, 6.45) is 6.28. The van der Waals surface area contributed by atoms with E-state index in [1.807, 2.05) is 6.92 Å². The van der Waals surface area contributed by atoms with Gasteiger partial charge >= 0.3 is 0 Å². The van der Waals surface area contributed by atoms with E-state index in [9.17, 15) is 0 Å². The average Bonchev–Trinajstić information content (AvgIpc) is 2.18. The van der Waals surface area contributed by atoms with Crippen molar-refractivity contribution in [1.29, 1.82) is 0 Å². The third-order valence-corrected chi connectivity index (χ3v) is 2.89. The first-order valence-electron chi connectivity index (χ1n) is 5.07. The van der Waals surface area contributed by atoms with Crippen LogP contribution in [-0.4, -0.2) is 22.7 Å². The molecule has 13 heavy (non-hydrogen) atoms. The minimum Gasteiger partial charge on any atom is -0.362 e. The molecule has 0 saturated heterocycles. The van der Waals surface area contributed by atoms with E-state index in [0.29, 0.717) is 11.2 Å². The lowest BCUT2D eigenvalue weighted by atomic mass is 9.95. The number of hydrogen-bond acceptors (Lipinski definition) is 2. The first kappa shape index (κ1) is 10.7. The SMILES string of the molecule is CCNC(=S)N(N)C1CCCCC1. The second-order valence-electron chi connectivity index (χ2n) is 3.53. The van der Waals surface area contributed by atoms with Gasteiger partial charge in [-0.3, -0.25) is 5.01 Å². The molecule has 0 heterocycles. The molecule has 3 nitrogen and oxygen atoms in total. The third-order valence-electron chi connectivity index (χ3n) is 2.53. The minimum absolute atomic E-state index is 0.459. The van der Waals surface area contributed by atoms with Crippen LogP contribution in [0.2, 0.25) is 0 Å². The number of hydrazine groups is 1. The second kappa shape index (κ2) is 5.40. The molecule has 1 fully saturated rings. The van der Waals surface area contributed by atoms with Crippen LogP contribution in [0.15, 0.2) is 0 Å². The van der Waals surface area contributed by atoms with Crippen molar-refractivity contribution in [3.63, 3.8) is 0 Å². The largest absolute Gasteiger partial charge is 0.362 e. The van der Waals surface area contributed by atoms with Crippen LogP contribution in [0.3, 0.4) is 0 Å². The van der Waals surface area contributed by atoms with Gasteiger partial charge in [0, 0.05) is 12.6 Å². The maximum atomic E-state index is 5.91. The summed E-state index contributed by atoms with van der Waals surface area (Å²) < 4.78 is 0. The maximum absolute atomic E-state index is 5.91. The van der Waals surface area contributed by atoms with E-state index in [1.165, 1.54) is 32.1 Å². The Morgan fingerprint density at radius 3 is 2.62 bits per heavy atom. The Kier molecular flexibility index (Phi) is 4.45. The molecule has 0 aromatic rings. The van der Waals surface area contributed by atoms with Gasteiger partial charge in [0.2, 0.25) is 0 Å². The number of nitrogens with two attached hydrogens (primary N) is 1. The number of hydrogen-bond donors (Lipinski definition) is 2. The molecule has 0 unspecified atom stereocenters. The molecule has 1 saturated carbocycles. The van der Waals surface area contributed by atoms with E-state index in [-0.39, 0.29) is 0 Å². The lowest BCUT2D eigenvalue weighted by Crippen LogP contribution is -2.50. The van der Waals surface area contributed by atoms with E-state index in [4.69, 9.17) is 18.1 Å². The summed E-state index contributed by atoms with van der Waals surface area (Å²) in [4.78, 5) is 0. The zero-order valence-corrected chi connectivity index (χ0v) is 9.07. The standard InChI is InChI=1S/C9H19N3S/c1-2-11-9(13)12(10)8-6-4-3-5-7-8/h8H,2-7,10H2,1H3,(H,11,13). The van der Waals surface area contributed by atoms with Crippen LogP contribution in [0.25, 0.3) is 0 Å². The second-order valence-corrected chi connectivity index (χ2v) is 3.92. The van der Waals surface area contributed by atoms with Crippen molar-refractivity contribution in [2.75, 3.05) is 6.54 Å². The maximum Gasteiger partial charge on any atom is 0.183 e. The van der Waals surface area contributed by atoms with E-state index in [2.05, 4.69) is 5.32 Å². The van der Waals surface area contributed by atoms with Crippen LogP contribution in [0, 0.1) is 0 Å². The van der Waals surface area contributed by atoms with Gasteiger partial charge in [0.1, 0.15) is 0 Å². The summed E-state index contributed by atoms with van der Waals surface area (Å²) in [5.41, 5.74) is 0. The van der Waals surface area contributed by atoms with Gasteiger partial charge in [0.05, 0.1) is 0 Å². The van der Waals surface area contributed by atoms with Crippen molar-refractivity contribution in [3.05, 3.63) is 0 Å². The highest BCUT2D eigenvalue weighted by molar-refractivity contribution is 7.80. The molecule has 1 rings (SSSR count). The molecule has 0 spiro atoms. The highest BCUT2D eigenvalue weighted by Crippen LogP contribution is 2.20. The first-order chi connectivity index (χ1) is 6.25. The average molecular weight is 201 g/mol. The molecule has 0 aromatic carbocycles. The monoisotopic (exact) mass is 201 g/mol. The zero-order chi connectivity index (χ0) is 9.68. The fourth-order valence-corrected chi connectivity index (χ4v) is 2.06. The van der Waals surface area contributed by atoms with Crippen molar-refractivity contribution in [1.82, 2.24) is 10.3 Å². The predicted octanol–water partition coefficient (Wildman–Crippen LogP) is 1.39. The Balaban J connectivity index is 2.35. The lowest BCUT2D eigenvalue weighted by Gasteiger charge is -2.32. The molecule has 3 N–H and O–H groups in total. The summed E-state index contributed by atoms with van der Waals surface area (Å²) in [6, 6.07) is 0.459. The Hall–Kier alpha value is -0.350. The smallest absolute Gasteiger partial charge is 0.183 e. The number of nitrogens with zero attached hydrogens (tertiary/aromatic N) is 1. The normalized spacial score (nSPS) is 18.3. The van der Waals surface area contributed by atoms with E-state index in [0.717, 1.165) is 6.54 Å². The number of rotatable bonds is 2. The van der Waals surface area contributed by atoms with Crippen LogP contribution in [0.4, 0.5) is 0 Å². The molecule has 0 atom stereocenters. The Bertz CT molecular complexity index is 166. The minimum atomic E-state index is 0.459. The van der Waals surface area contributed by atoms with E-state index < -0.39 is 0 Å². The number of thiocarbonyl (C=S) groups is 1. The lowest BCUT2D eigenvalue weighted by molar-refractivity contribution is 0.246. The summed E-state index contributed by atoms with van der Waals surface area (Å²) in [5.74, 6) is 5.91. The van der Waals surface area contributed by atoms with Gasteiger partial charge in [-0.25, -0.2) is 5.84 Å². The molecule has 0 aromatic heterocycles. The van der Waals surface area contributed by atoms with E-state index >= 15 is 0 Å². The van der Waals surface area contributed by atoms with Crippen molar-refractivity contribution >= 4 is 17.3 Å². The fraction of sp³-hybridized carbons (Fsp3) is 0.889. The van der Waals surface area contributed by atoms with Gasteiger partial charge in [-0.2, -0.15) is 0 Å². The van der Waals surface area contributed by atoms with Gasteiger partial charge in [-0.05, 0) is 32.0 Å². The van der Waals surface area contributed by atoms with Crippen molar-refractivity contribution in [2.24, 2.45) is 5.84 Å². The van der Waals surface area contributed by atoms with Gasteiger partial charge in [0.15, 0.2) is 5.11 Å². The Morgan fingerprint density at radius 1 is 1.46 bits per heavy atom. The van der Waals surface area contributed by atoms with Gasteiger partial charge in [-0.15, -0.1) is 0 Å². The third kappa shape index (κ3) is 3.12. The summed E-state index contributed by atoms with van der Waals surface area (Å²) >= 11 is 5.15. The molecule has 0 aliphatic heterocycles. The summed E-state index contributed by atoms with van der Waals surface area (Å²) in [7, 11) is 0. The summed E-state index contributed by atoms with van der Waals surface area (Å²) in [5, 5.41) is 5.50. The number of nitrogens with one attached hydrogen (secondary N) is 1. The highest BCUT2D eigenvalue weighted by Gasteiger charge is 2.19. The molecular weight excluding hydrogens is 182 g/mol.